The summed E-state index contributed by atoms with van der Waals surface area (Å²) < 4.78 is 76.6. The van der Waals surface area contributed by atoms with Gasteiger partial charge in [0.15, 0.2) is 9.84 Å². The van der Waals surface area contributed by atoms with Gasteiger partial charge in [-0.25, -0.2) is 18.1 Å². The Morgan fingerprint density at radius 3 is 2.46 bits per heavy atom. The summed E-state index contributed by atoms with van der Waals surface area (Å²) >= 11 is 0. The fraction of sp³-hybridized carbons (Fsp3) is 0.304. The average Bonchev–Trinajstić information content (AvgIpc) is 3.44. The number of halogens is 3. The maximum Gasteiger partial charge on any atom is 0.573 e. The molecule has 0 spiro atoms. The van der Waals surface area contributed by atoms with Crippen molar-refractivity contribution in [3.05, 3.63) is 59.9 Å². The minimum Gasteiger partial charge on any atom is -0.492 e. The van der Waals surface area contributed by atoms with Gasteiger partial charge in [0.1, 0.15) is 23.9 Å². The molecule has 0 fully saturated rings. The second-order valence-electron chi connectivity index (χ2n) is 8.23. The molecule has 0 aliphatic carbocycles. The number of hydrogen-bond donors (Lipinski definition) is 0. The van der Waals surface area contributed by atoms with Crippen molar-refractivity contribution in [2.24, 2.45) is 0 Å². The lowest BCUT2D eigenvalue weighted by molar-refractivity contribution is -0.274. The zero-order chi connectivity index (χ0) is 26.8. The van der Waals surface area contributed by atoms with Crippen LogP contribution in [0.15, 0.2) is 53.1 Å². The van der Waals surface area contributed by atoms with Crippen LogP contribution in [0.5, 0.6) is 11.5 Å². The first kappa shape index (κ1) is 26.1. The van der Waals surface area contributed by atoms with E-state index in [2.05, 4.69) is 25.0 Å². The van der Waals surface area contributed by atoms with Crippen molar-refractivity contribution in [3.63, 3.8) is 0 Å². The zero-order valence-corrected chi connectivity index (χ0v) is 20.7. The molecule has 0 amide bonds. The highest BCUT2D eigenvalue weighted by Gasteiger charge is 2.31. The van der Waals surface area contributed by atoms with Gasteiger partial charge in [-0.15, -0.1) is 18.3 Å². The lowest BCUT2D eigenvalue weighted by Gasteiger charge is -2.12. The molecule has 4 rings (SSSR count). The fourth-order valence-corrected chi connectivity index (χ4v) is 3.46. The smallest absolute Gasteiger partial charge is 0.492 e. The number of nitrogens with zero attached hydrogens (tertiary/aromatic N) is 5. The minimum atomic E-state index is -4.78. The maximum absolute atomic E-state index is 12.3. The molecule has 0 bridgehead atoms. The van der Waals surface area contributed by atoms with Crippen molar-refractivity contribution >= 4 is 9.84 Å². The molecule has 0 aliphatic heterocycles. The lowest BCUT2D eigenvalue weighted by atomic mass is 10.2. The summed E-state index contributed by atoms with van der Waals surface area (Å²) in [5.41, 5.74) is 1.26. The van der Waals surface area contributed by atoms with Gasteiger partial charge in [0.2, 0.25) is 11.6 Å². The third-order valence-electron chi connectivity index (χ3n) is 5.27. The van der Waals surface area contributed by atoms with Crippen molar-refractivity contribution < 1.29 is 35.6 Å². The van der Waals surface area contributed by atoms with E-state index in [-0.39, 0.29) is 29.9 Å². The number of aromatic nitrogens is 5. The Labute approximate surface area is 210 Å². The van der Waals surface area contributed by atoms with Crippen LogP contribution < -0.4 is 9.47 Å². The van der Waals surface area contributed by atoms with Crippen LogP contribution in [0.25, 0.3) is 23.1 Å². The number of alkyl halides is 3. The molecule has 2 heterocycles. The molecular weight excluding hydrogens is 515 g/mol. The van der Waals surface area contributed by atoms with Gasteiger partial charge >= 0.3 is 6.36 Å². The second kappa shape index (κ2) is 10.2. The Kier molecular flexibility index (Phi) is 7.21. The van der Waals surface area contributed by atoms with Crippen LogP contribution in [0, 0.1) is 6.92 Å². The Morgan fingerprint density at radius 2 is 1.78 bits per heavy atom. The van der Waals surface area contributed by atoms with Gasteiger partial charge < -0.3 is 14.0 Å². The number of sulfone groups is 1. The summed E-state index contributed by atoms with van der Waals surface area (Å²) in [6, 6.07) is 12.2. The molecule has 1 atom stereocenters. The van der Waals surface area contributed by atoms with Crippen LogP contribution in [-0.2, 0) is 16.4 Å². The van der Waals surface area contributed by atoms with Crippen molar-refractivity contribution in [1.29, 1.82) is 0 Å². The standard InChI is InChI=1S/C23H22F3N5O5S/c1-14(37(3,32)33)13-34-19-6-4-5-16(11-19)12-31-15(2)27-21(29-31)22-28-20(30-36-22)17-7-9-18(10-8-17)35-23(24,25)26/h4-11,14H,12-13H2,1-3H3. The summed E-state index contributed by atoms with van der Waals surface area (Å²) in [4.78, 5) is 8.60. The summed E-state index contributed by atoms with van der Waals surface area (Å²) in [7, 11) is -3.20. The molecule has 1 unspecified atom stereocenters. The normalized spacial score (nSPS) is 12.9. The summed E-state index contributed by atoms with van der Waals surface area (Å²) in [5, 5.41) is 7.64. The van der Waals surface area contributed by atoms with Gasteiger partial charge in [-0.2, -0.15) is 4.98 Å². The summed E-state index contributed by atoms with van der Waals surface area (Å²) in [6.45, 7) is 3.72. The van der Waals surface area contributed by atoms with Crippen LogP contribution in [0.1, 0.15) is 18.3 Å². The molecule has 37 heavy (non-hydrogen) atoms. The largest absolute Gasteiger partial charge is 0.573 e. The quantitative estimate of drug-likeness (QED) is 0.311. The van der Waals surface area contributed by atoms with Crippen LogP contribution in [0.2, 0.25) is 0 Å². The van der Waals surface area contributed by atoms with Crippen molar-refractivity contribution in [1.82, 2.24) is 24.9 Å². The zero-order valence-electron chi connectivity index (χ0n) is 19.9. The van der Waals surface area contributed by atoms with E-state index in [1.54, 1.807) is 36.7 Å². The Hall–Kier alpha value is -3.94. The van der Waals surface area contributed by atoms with E-state index in [4.69, 9.17) is 9.26 Å². The number of benzene rings is 2. The monoisotopic (exact) mass is 537 g/mol. The number of rotatable bonds is 9. The van der Waals surface area contributed by atoms with E-state index in [0.717, 1.165) is 24.0 Å². The Bertz CT molecular complexity index is 1480. The van der Waals surface area contributed by atoms with E-state index in [9.17, 15) is 21.6 Å². The van der Waals surface area contributed by atoms with Crippen molar-refractivity contribution in [3.8, 4) is 34.6 Å². The van der Waals surface area contributed by atoms with Gasteiger partial charge in [-0.05, 0) is 55.8 Å². The minimum absolute atomic E-state index is 0.0341. The van der Waals surface area contributed by atoms with Crippen LogP contribution in [0.4, 0.5) is 13.2 Å². The second-order valence-corrected chi connectivity index (χ2v) is 10.7. The van der Waals surface area contributed by atoms with E-state index in [0.29, 0.717) is 23.7 Å². The topological polar surface area (TPSA) is 122 Å². The predicted octanol–water partition coefficient (Wildman–Crippen LogP) is 4.06. The van der Waals surface area contributed by atoms with E-state index in [1.807, 2.05) is 6.07 Å². The molecule has 196 valence electrons. The Balaban J connectivity index is 1.45. The number of ether oxygens (including phenoxy) is 2. The van der Waals surface area contributed by atoms with Gasteiger partial charge in [-0.1, -0.05) is 17.3 Å². The van der Waals surface area contributed by atoms with Crippen LogP contribution in [-0.4, -0.2) is 57.8 Å². The van der Waals surface area contributed by atoms with Gasteiger partial charge in [0, 0.05) is 11.8 Å². The highest BCUT2D eigenvalue weighted by molar-refractivity contribution is 7.91. The van der Waals surface area contributed by atoms with Crippen molar-refractivity contribution in [2.75, 3.05) is 12.9 Å². The molecule has 4 aromatic rings. The molecule has 0 saturated carbocycles. The Morgan fingerprint density at radius 1 is 1.05 bits per heavy atom. The molecule has 14 heteroatoms. The fourth-order valence-electron chi connectivity index (χ4n) is 3.14. The van der Waals surface area contributed by atoms with E-state index < -0.39 is 21.4 Å². The average molecular weight is 538 g/mol. The molecule has 10 nitrogen and oxygen atoms in total. The third kappa shape index (κ3) is 6.84. The SMILES string of the molecule is Cc1nc(-c2nc(-c3ccc(OC(F)(F)F)cc3)no2)nn1Cc1cccc(OCC(C)S(C)(=O)=O)c1. The molecule has 0 saturated heterocycles. The lowest BCUT2D eigenvalue weighted by Crippen LogP contribution is -2.23. The van der Waals surface area contributed by atoms with E-state index >= 15 is 0 Å². The molecule has 0 radical (unpaired) electrons. The molecule has 0 N–H and O–H groups in total. The molecule has 2 aromatic heterocycles. The molecule has 2 aromatic carbocycles. The first-order valence-corrected chi connectivity index (χ1v) is 12.8. The number of aryl methyl sites for hydroxylation is 1. The van der Waals surface area contributed by atoms with Crippen LogP contribution in [0.3, 0.4) is 0 Å². The highest BCUT2D eigenvalue weighted by atomic mass is 32.2. The maximum atomic E-state index is 12.3. The third-order valence-corrected chi connectivity index (χ3v) is 6.86. The van der Waals surface area contributed by atoms with Crippen LogP contribution >= 0.6 is 0 Å². The van der Waals surface area contributed by atoms with Gasteiger partial charge in [0.05, 0.1) is 11.8 Å². The summed E-state index contributed by atoms with van der Waals surface area (Å²) in [6.07, 6.45) is -3.62. The first-order valence-electron chi connectivity index (χ1n) is 10.9. The molecule has 0 aliphatic rings. The van der Waals surface area contributed by atoms with Gasteiger partial charge in [-0.3, -0.25) is 0 Å². The summed E-state index contributed by atoms with van der Waals surface area (Å²) in [5.74, 6) is 1.10. The highest BCUT2D eigenvalue weighted by Crippen LogP contribution is 2.26. The van der Waals surface area contributed by atoms with E-state index in [1.165, 1.54) is 12.1 Å². The van der Waals surface area contributed by atoms with Gasteiger partial charge in [0.25, 0.3) is 5.89 Å². The molecular formula is C23H22F3N5O5S. The first-order chi connectivity index (χ1) is 17.4. The number of hydrogen-bond acceptors (Lipinski definition) is 9. The predicted molar refractivity (Wildman–Crippen MR) is 126 cm³/mol. The van der Waals surface area contributed by atoms with Crippen molar-refractivity contribution in [2.45, 2.75) is 32.0 Å².